The van der Waals surface area contributed by atoms with Crippen molar-refractivity contribution in [3.63, 3.8) is 0 Å². The minimum atomic E-state index is -0.252. The van der Waals surface area contributed by atoms with E-state index in [9.17, 15) is 9.59 Å². The Labute approximate surface area is 162 Å². The van der Waals surface area contributed by atoms with Crippen LogP contribution in [0.3, 0.4) is 0 Å². The molecule has 0 spiro atoms. The summed E-state index contributed by atoms with van der Waals surface area (Å²) in [6.07, 6.45) is 9.00. The molecule has 5 rings (SSSR count). The van der Waals surface area contributed by atoms with Gasteiger partial charge in [-0.15, -0.1) is 0 Å². The van der Waals surface area contributed by atoms with Crippen LogP contribution in [0.5, 0.6) is 0 Å². The Bertz CT molecular complexity index is 704. The van der Waals surface area contributed by atoms with Crippen LogP contribution >= 0.6 is 0 Å². The van der Waals surface area contributed by atoms with Crippen molar-refractivity contribution in [2.75, 3.05) is 11.9 Å². The van der Waals surface area contributed by atoms with E-state index in [1.807, 2.05) is 25.1 Å². The van der Waals surface area contributed by atoms with Gasteiger partial charge in [-0.2, -0.15) is 0 Å². The van der Waals surface area contributed by atoms with Crippen molar-refractivity contribution < 1.29 is 14.3 Å². The molecule has 1 N–H and O–H groups in total. The first kappa shape index (κ1) is 18.5. The first-order valence-corrected chi connectivity index (χ1v) is 10.5. The molecule has 1 amide bonds. The van der Waals surface area contributed by atoms with Gasteiger partial charge in [0, 0.05) is 5.69 Å². The van der Waals surface area contributed by atoms with E-state index >= 15 is 0 Å². The van der Waals surface area contributed by atoms with Crippen LogP contribution in [0, 0.1) is 30.1 Å². The smallest absolute Gasteiger partial charge is 0.306 e. The summed E-state index contributed by atoms with van der Waals surface area (Å²) in [5, 5.41) is 2.93. The van der Waals surface area contributed by atoms with Crippen LogP contribution < -0.4 is 5.32 Å². The van der Waals surface area contributed by atoms with Gasteiger partial charge in [0.05, 0.1) is 6.42 Å². The summed E-state index contributed by atoms with van der Waals surface area (Å²) in [7, 11) is 0. The van der Waals surface area contributed by atoms with Gasteiger partial charge in [-0.25, -0.2) is 0 Å². The number of esters is 1. The van der Waals surface area contributed by atoms with E-state index < -0.39 is 0 Å². The average Bonchev–Trinajstić information content (AvgIpc) is 2.60. The Balaban J connectivity index is 1.30. The third-order valence-corrected chi connectivity index (χ3v) is 7.05. The molecule has 4 fully saturated rings. The topological polar surface area (TPSA) is 55.4 Å². The number of para-hydroxylation sites is 1. The second-order valence-corrected chi connectivity index (χ2v) is 9.27. The average molecular weight is 370 g/mol. The van der Waals surface area contributed by atoms with Gasteiger partial charge >= 0.3 is 5.97 Å². The van der Waals surface area contributed by atoms with Crippen LogP contribution in [-0.4, -0.2) is 18.5 Å². The van der Waals surface area contributed by atoms with Crippen molar-refractivity contribution >= 4 is 17.6 Å². The third kappa shape index (κ3) is 3.90. The lowest BCUT2D eigenvalue weighted by Crippen LogP contribution is -2.47. The molecule has 1 aromatic carbocycles. The van der Waals surface area contributed by atoms with Gasteiger partial charge in [-0.1, -0.05) is 25.1 Å². The molecule has 4 nitrogen and oxygen atoms in total. The molecule has 4 saturated carbocycles. The van der Waals surface area contributed by atoms with Gasteiger partial charge < -0.3 is 10.1 Å². The zero-order valence-corrected chi connectivity index (χ0v) is 16.6. The number of ether oxygens (including phenoxy) is 1. The summed E-state index contributed by atoms with van der Waals surface area (Å²) in [6, 6.07) is 5.99. The number of benzene rings is 1. The normalized spacial score (nSPS) is 31.0. The van der Waals surface area contributed by atoms with Crippen LogP contribution in [0.15, 0.2) is 18.2 Å². The molecule has 0 aliphatic heterocycles. The van der Waals surface area contributed by atoms with Crippen molar-refractivity contribution in [2.45, 2.75) is 65.2 Å². The lowest BCUT2D eigenvalue weighted by molar-refractivity contribution is -0.154. The number of anilines is 1. The molecule has 0 saturated heterocycles. The monoisotopic (exact) mass is 369 g/mol. The summed E-state index contributed by atoms with van der Waals surface area (Å²) in [5.74, 6) is 2.01. The van der Waals surface area contributed by atoms with E-state index in [-0.39, 0.29) is 23.9 Å². The van der Waals surface area contributed by atoms with Gasteiger partial charge in [0.25, 0.3) is 5.91 Å². The predicted octanol–water partition coefficient (Wildman–Crippen LogP) is 4.65. The first-order valence-electron chi connectivity index (χ1n) is 10.5. The summed E-state index contributed by atoms with van der Waals surface area (Å²) in [4.78, 5) is 24.8. The summed E-state index contributed by atoms with van der Waals surface area (Å²) >= 11 is 0. The minimum Gasteiger partial charge on any atom is -0.456 e. The van der Waals surface area contributed by atoms with Crippen LogP contribution in [0.1, 0.15) is 63.0 Å². The van der Waals surface area contributed by atoms with Crippen LogP contribution in [-0.2, 0) is 20.7 Å². The maximum Gasteiger partial charge on any atom is 0.306 e. The molecule has 4 aliphatic rings. The van der Waals surface area contributed by atoms with Crippen molar-refractivity contribution in [2.24, 2.45) is 23.2 Å². The lowest BCUT2D eigenvalue weighted by atomic mass is 9.49. The fraction of sp³-hybridized carbons (Fsp3) is 0.652. The zero-order chi connectivity index (χ0) is 19.0. The van der Waals surface area contributed by atoms with Crippen molar-refractivity contribution in [1.82, 2.24) is 0 Å². The molecule has 146 valence electrons. The standard InChI is InChI=1S/C23H31NO3/c1-3-19-6-4-5-15(2)22(19)24-20(25)14-27-21(26)13-23-10-16-7-17(11-23)9-18(8-16)12-23/h4-6,16-18H,3,7-14H2,1-2H3,(H,24,25). The second-order valence-electron chi connectivity index (χ2n) is 9.27. The first-order chi connectivity index (χ1) is 13.0. The summed E-state index contributed by atoms with van der Waals surface area (Å²) < 4.78 is 5.38. The van der Waals surface area contributed by atoms with E-state index in [1.165, 1.54) is 38.5 Å². The lowest BCUT2D eigenvalue weighted by Gasteiger charge is -2.56. The number of carbonyl (C=O) groups is 2. The van der Waals surface area contributed by atoms with Crippen LogP contribution in [0.25, 0.3) is 0 Å². The Morgan fingerprint density at radius 3 is 2.33 bits per heavy atom. The molecule has 4 heteroatoms. The summed E-state index contributed by atoms with van der Waals surface area (Å²) in [5.41, 5.74) is 3.14. The highest BCUT2D eigenvalue weighted by atomic mass is 16.5. The number of nitrogens with one attached hydrogen (secondary N) is 1. The molecule has 0 radical (unpaired) electrons. The largest absolute Gasteiger partial charge is 0.456 e. The molecule has 0 aromatic heterocycles. The van der Waals surface area contributed by atoms with Gasteiger partial charge in [-0.3, -0.25) is 9.59 Å². The van der Waals surface area contributed by atoms with Crippen molar-refractivity contribution in [1.29, 1.82) is 0 Å². The fourth-order valence-corrected chi connectivity index (χ4v) is 6.39. The van der Waals surface area contributed by atoms with Crippen LogP contribution in [0.2, 0.25) is 0 Å². The van der Waals surface area contributed by atoms with Gasteiger partial charge in [0.2, 0.25) is 0 Å². The fourth-order valence-electron chi connectivity index (χ4n) is 6.39. The minimum absolute atomic E-state index is 0.160. The molecular weight excluding hydrogens is 338 g/mol. The predicted molar refractivity (Wildman–Crippen MR) is 105 cm³/mol. The molecule has 27 heavy (non-hydrogen) atoms. The van der Waals surface area contributed by atoms with E-state index in [2.05, 4.69) is 12.2 Å². The number of carbonyl (C=O) groups excluding carboxylic acids is 2. The maximum atomic E-state index is 12.5. The van der Waals surface area contributed by atoms with E-state index in [1.54, 1.807) is 0 Å². The maximum absolute atomic E-state index is 12.5. The molecule has 0 unspecified atom stereocenters. The number of hydrogen-bond acceptors (Lipinski definition) is 3. The molecule has 1 aromatic rings. The van der Waals surface area contributed by atoms with Crippen molar-refractivity contribution in [3.8, 4) is 0 Å². The SMILES string of the molecule is CCc1cccc(C)c1NC(=O)COC(=O)CC12CC3CC(CC(C3)C1)C2. The van der Waals surface area contributed by atoms with E-state index in [0.29, 0.717) is 6.42 Å². The van der Waals surface area contributed by atoms with Gasteiger partial charge in [0.15, 0.2) is 6.61 Å². The number of hydrogen-bond donors (Lipinski definition) is 1. The Hall–Kier alpha value is -1.84. The van der Waals surface area contributed by atoms with E-state index in [4.69, 9.17) is 4.74 Å². The second kappa shape index (κ2) is 7.29. The molecule has 4 aliphatic carbocycles. The highest BCUT2D eigenvalue weighted by Gasteiger charge is 2.51. The quantitative estimate of drug-likeness (QED) is 0.743. The third-order valence-electron chi connectivity index (χ3n) is 7.05. The van der Waals surface area contributed by atoms with E-state index in [0.717, 1.165) is 41.0 Å². The summed E-state index contributed by atoms with van der Waals surface area (Å²) in [6.45, 7) is 3.85. The van der Waals surface area contributed by atoms with Gasteiger partial charge in [0.1, 0.15) is 0 Å². The number of rotatable bonds is 6. The Morgan fingerprint density at radius 2 is 1.74 bits per heavy atom. The van der Waals surface area contributed by atoms with Gasteiger partial charge in [-0.05, 0) is 86.2 Å². The molecule has 0 atom stereocenters. The number of aryl methyl sites for hydroxylation is 2. The molecule has 0 heterocycles. The Morgan fingerprint density at radius 1 is 1.11 bits per heavy atom. The zero-order valence-electron chi connectivity index (χ0n) is 16.6. The Kier molecular flexibility index (Phi) is 5.00. The van der Waals surface area contributed by atoms with Crippen LogP contribution in [0.4, 0.5) is 5.69 Å². The highest BCUT2D eigenvalue weighted by molar-refractivity contribution is 5.94. The van der Waals surface area contributed by atoms with Crippen molar-refractivity contribution in [3.05, 3.63) is 29.3 Å². The highest BCUT2D eigenvalue weighted by Crippen LogP contribution is 2.61. The molecular formula is C23H31NO3. The number of amides is 1. The molecule has 4 bridgehead atoms.